The van der Waals surface area contributed by atoms with Crippen LogP contribution < -0.4 is 0 Å². The molecule has 1 saturated carbocycles. The molecule has 8 atom stereocenters. The first-order valence-corrected chi connectivity index (χ1v) is 26.9. The summed E-state index contributed by atoms with van der Waals surface area (Å²) in [5.74, 6) is 4.22. The minimum absolute atomic E-state index is 0.372. The van der Waals surface area contributed by atoms with Crippen LogP contribution in [0.25, 0.3) is 60.5 Å². The van der Waals surface area contributed by atoms with Crippen LogP contribution in [0.4, 0.5) is 0 Å². The average molecular weight is 883 g/mol. The Morgan fingerprint density at radius 3 is 2.28 bits per heavy atom. The van der Waals surface area contributed by atoms with Gasteiger partial charge in [-0.3, -0.25) is 0 Å². The number of allylic oxidation sites excluding steroid dienone is 12. The molecular formula is C68H66. The van der Waals surface area contributed by atoms with Crippen molar-refractivity contribution in [2.75, 3.05) is 0 Å². The molecular weight excluding hydrogens is 817 g/mol. The molecule has 8 aliphatic rings. The van der Waals surface area contributed by atoms with E-state index >= 15 is 0 Å². The third kappa shape index (κ3) is 6.17. The van der Waals surface area contributed by atoms with Gasteiger partial charge in [0.15, 0.2) is 0 Å². The molecule has 8 aliphatic carbocycles. The fourth-order valence-corrected chi connectivity index (χ4v) is 16.5. The third-order valence-electron chi connectivity index (χ3n) is 18.7. The molecule has 0 radical (unpaired) electrons. The molecule has 0 saturated heterocycles. The van der Waals surface area contributed by atoms with Gasteiger partial charge in [0.05, 0.1) is 0 Å². The highest BCUT2D eigenvalue weighted by Gasteiger charge is 2.51. The van der Waals surface area contributed by atoms with Crippen molar-refractivity contribution < 1.29 is 0 Å². The monoisotopic (exact) mass is 883 g/mol. The Bertz CT molecular complexity index is 3300. The third-order valence-corrected chi connectivity index (χ3v) is 18.7. The van der Waals surface area contributed by atoms with Gasteiger partial charge in [-0.2, -0.15) is 0 Å². The predicted molar refractivity (Wildman–Crippen MR) is 289 cm³/mol. The number of aryl methyl sites for hydroxylation is 3. The van der Waals surface area contributed by atoms with E-state index in [-0.39, 0.29) is 0 Å². The second kappa shape index (κ2) is 15.9. The van der Waals surface area contributed by atoms with Crippen LogP contribution in [0.5, 0.6) is 0 Å². The summed E-state index contributed by atoms with van der Waals surface area (Å²) in [5, 5.41) is 5.83. The summed E-state index contributed by atoms with van der Waals surface area (Å²) in [4.78, 5) is 0. The van der Waals surface area contributed by atoms with Crippen LogP contribution in [0.1, 0.15) is 152 Å². The van der Waals surface area contributed by atoms with Crippen LogP contribution in [0.3, 0.4) is 0 Å². The van der Waals surface area contributed by atoms with Gasteiger partial charge >= 0.3 is 0 Å². The van der Waals surface area contributed by atoms with Gasteiger partial charge < -0.3 is 0 Å². The summed E-state index contributed by atoms with van der Waals surface area (Å²) >= 11 is 0. The Kier molecular flexibility index (Phi) is 9.66. The zero-order valence-electron chi connectivity index (χ0n) is 40.8. The lowest BCUT2D eigenvalue weighted by Gasteiger charge is -2.42. The minimum Gasteiger partial charge on any atom is -0.0842 e. The maximum Gasteiger partial charge on any atom is 0.0133 e. The van der Waals surface area contributed by atoms with Gasteiger partial charge in [0, 0.05) is 17.8 Å². The van der Waals surface area contributed by atoms with Gasteiger partial charge in [0.2, 0.25) is 0 Å². The van der Waals surface area contributed by atoms with Gasteiger partial charge in [0.25, 0.3) is 0 Å². The summed E-state index contributed by atoms with van der Waals surface area (Å²) < 4.78 is 0. The number of hydrogen-bond donors (Lipinski definition) is 0. The zero-order valence-corrected chi connectivity index (χ0v) is 40.8. The molecule has 338 valence electrons. The molecule has 68 heavy (non-hydrogen) atoms. The van der Waals surface area contributed by atoms with Crippen LogP contribution in [0.2, 0.25) is 0 Å². The molecule has 0 nitrogen and oxygen atoms in total. The molecule has 0 aliphatic heterocycles. The van der Waals surface area contributed by atoms with E-state index in [4.69, 9.17) is 0 Å². The lowest BCUT2D eigenvalue weighted by molar-refractivity contribution is 0.423. The van der Waals surface area contributed by atoms with E-state index in [9.17, 15) is 0 Å². The van der Waals surface area contributed by atoms with E-state index in [1.54, 1.807) is 66.8 Å². The first kappa shape index (κ1) is 41.3. The van der Waals surface area contributed by atoms with E-state index in [0.717, 1.165) is 12.8 Å². The zero-order chi connectivity index (χ0) is 45.4. The van der Waals surface area contributed by atoms with Crippen molar-refractivity contribution in [3.63, 3.8) is 0 Å². The Morgan fingerprint density at radius 1 is 0.588 bits per heavy atom. The standard InChI is InChI=1S/C68H66/c1-39-27-28-47(35-40(2)33-39)61-63-51-29-31-55-59(45-17-7-5-8-18-45)65-49-23-11-15-43-16-12-24-50(57(49)38-43)66(65)62(48-36-41(3)34-42(4)37-48)64(55)52(51)30-32-56(63)60(46-19-9-6-10-20-46)67-53-25-13-21-44-22-14-26-54(58(44)53)68(61)67/h5-9,11,14-15,17-19,22-23,26,29-32,34-37,39,43,47,50,53,57,60,67H,10,12-13,16,20-21,24-25,27-28,33,38H2,1-4H3. The predicted octanol–water partition coefficient (Wildman–Crippen LogP) is 18.5. The van der Waals surface area contributed by atoms with Crippen molar-refractivity contribution in [1.29, 1.82) is 0 Å². The number of hydrogen-bond acceptors (Lipinski definition) is 0. The molecule has 14 rings (SSSR count). The van der Waals surface area contributed by atoms with Gasteiger partial charge in [-0.1, -0.05) is 169 Å². The summed E-state index contributed by atoms with van der Waals surface area (Å²) in [6.45, 7) is 9.59. The van der Waals surface area contributed by atoms with E-state index in [2.05, 4.69) is 161 Å². The fraction of sp³-hybridized carbons (Fsp3) is 0.353. The normalized spacial score (nSPS) is 27.7. The maximum atomic E-state index is 2.76. The summed E-state index contributed by atoms with van der Waals surface area (Å²) in [6, 6.07) is 37.1. The molecule has 8 unspecified atom stereocenters. The van der Waals surface area contributed by atoms with Gasteiger partial charge in [-0.15, -0.1) is 0 Å². The van der Waals surface area contributed by atoms with Crippen molar-refractivity contribution in [3.05, 3.63) is 195 Å². The molecule has 0 heteroatoms. The molecule has 1 fully saturated rings. The molecule has 0 N–H and O–H groups in total. The topological polar surface area (TPSA) is 0 Å². The van der Waals surface area contributed by atoms with Crippen molar-refractivity contribution in [2.45, 2.75) is 122 Å². The largest absolute Gasteiger partial charge is 0.0842 e. The first-order chi connectivity index (χ1) is 33.4. The van der Waals surface area contributed by atoms with E-state index < -0.39 is 0 Å². The number of benzene rings is 6. The maximum absolute atomic E-state index is 2.76. The Balaban J connectivity index is 1.16. The lowest BCUT2D eigenvalue weighted by Crippen LogP contribution is -2.27. The molecule has 0 spiro atoms. The van der Waals surface area contributed by atoms with Crippen LogP contribution in [-0.4, -0.2) is 0 Å². The highest BCUT2D eigenvalue weighted by molar-refractivity contribution is 6.24. The summed E-state index contributed by atoms with van der Waals surface area (Å²) in [6.07, 6.45) is 32.6. The Morgan fingerprint density at radius 2 is 1.43 bits per heavy atom. The molecule has 6 aromatic rings. The van der Waals surface area contributed by atoms with E-state index in [1.807, 2.05) is 0 Å². The summed E-state index contributed by atoms with van der Waals surface area (Å²) in [5.41, 5.74) is 28.0. The highest BCUT2D eigenvalue weighted by Crippen LogP contribution is 2.67. The van der Waals surface area contributed by atoms with Crippen molar-refractivity contribution >= 4 is 38.3 Å². The molecule has 0 amide bonds. The van der Waals surface area contributed by atoms with E-state index in [0.29, 0.717) is 47.3 Å². The molecule has 0 aromatic heterocycles. The van der Waals surface area contributed by atoms with E-state index in [1.165, 1.54) is 119 Å². The Labute approximate surface area is 405 Å². The van der Waals surface area contributed by atoms with Crippen LogP contribution in [-0.2, 0) is 6.42 Å². The minimum atomic E-state index is 0.372. The second-order valence-corrected chi connectivity index (χ2v) is 23.0. The van der Waals surface area contributed by atoms with Crippen LogP contribution in [0, 0.1) is 43.4 Å². The molecule has 0 heterocycles. The molecule has 2 bridgehead atoms. The van der Waals surface area contributed by atoms with Crippen LogP contribution in [0.15, 0.2) is 145 Å². The highest BCUT2D eigenvalue weighted by atomic mass is 14.5. The molecule has 6 aromatic carbocycles. The number of rotatable bonds is 4. The Hall–Kier alpha value is -5.72. The van der Waals surface area contributed by atoms with Gasteiger partial charge in [-0.05, 0) is 220 Å². The smallest absolute Gasteiger partial charge is 0.0133 e. The van der Waals surface area contributed by atoms with Crippen molar-refractivity contribution in [1.82, 2.24) is 0 Å². The van der Waals surface area contributed by atoms with Crippen molar-refractivity contribution in [3.8, 4) is 22.3 Å². The SMILES string of the molecule is CC1=CC(C2=C3c4cccc5c4C(CCC5)C3C(C3=CC=CCC3)c3ccc4c(ccc5c(-c6ccccc6)c6c(c(-c7cc(C)cc(C)c7)c54)C4CCCC5C=CC=C6C4C5)c32)CCC(C)C1. The lowest BCUT2D eigenvalue weighted by atomic mass is 9.61. The van der Waals surface area contributed by atoms with Gasteiger partial charge in [-0.25, -0.2) is 0 Å². The quantitative estimate of drug-likeness (QED) is 0.122. The summed E-state index contributed by atoms with van der Waals surface area (Å²) in [7, 11) is 0. The first-order valence-electron chi connectivity index (χ1n) is 26.9. The van der Waals surface area contributed by atoms with Crippen molar-refractivity contribution in [2.24, 2.45) is 29.6 Å². The van der Waals surface area contributed by atoms with Crippen LogP contribution >= 0.6 is 0 Å². The second-order valence-electron chi connectivity index (χ2n) is 23.0. The van der Waals surface area contributed by atoms with Gasteiger partial charge in [0.1, 0.15) is 0 Å². The fourth-order valence-electron chi connectivity index (χ4n) is 16.5. The average Bonchev–Trinajstić information content (AvgIpc) is 3.52. The number of fused-ring (bicyclic) bond motifs is 12.